The second-order valence-electron chi connectivity index (χ2n) is 11.7. The first-order valence-electron chi connectivity index (χ1n) is 14.1. The molecule has 204 valence electrons. The first kappa shape index (κ1) is 26.3. The van der Waals surface area contributed by atoms with Crippen molar-refractivity contribution < 1.29 is 14.0 Å². The lowest BCUT2D eigenvalue weighted by molar-refractivity contribution is -0.129. The van der Waals surface area contributed by atoms with Gasteiger partial charge >= 0.3 is 0 Å². The first-order valence-corrected chi connectivity index (χ1v) is 14.1. The molecular formula is C35H36N2O3. The third-order valence-corrected chi connectivity index (χ3v) is 8.99. The van der Waals surface area contributed by atoms with Crippen LogP contribution in [0.3, 0.4) is 0 Å². The summed E-state index contributed by atoms with van der Waals surface area (Å²) < 4.78 is 5.91. The van der Waals surface area contributed by atoms with Crippen molar-refractivity contribution in [3.8, 4) is 0 Å². The van der Waals surface area contributed by atoms with E-state index in [2.05, 4.69) is 50.8 Å². The molecule has 6 rings (SSSR count). The van der Waals surface area contributed by atoms with Crippen molar-refractivity contribution in [1.29, 1.82) is 0 Å². The maximum Gasteiger partial charge on any atom is 0.253 e. The van der Waals surface area contributed by atoms with Gasteiger partial charge in [-0.1, -0.05) is 80.1 Å². The van der Waals surface area contributed by atoms with Crippen LogP contribution in [0.2, 0.25) is 0 Å². The number of likely N-dealkylation sites (N-methyl/N-ethyl adjacent to an activating group) is 1. The molecule has 1 spiro atoms. The number of aryl methyl sites for hydroxylation is 2. The van der Waals surface area contributed by atoms with E-state index in [9.17, 15) is 9.59 Å². The fraction of sp³-hybridized carbons (Fsp3) is 0.314. The molecule has 1 saturated heterocycles. The quantitative estimate of drug-likeness (QED) is 0.251. The minimum Gasteiger partial charge on any atom is -0.469 e. The van der Waals surface area contributed by atoms with Gasteiger partial charge in [-0.3, -0.25) is 14.5 Å². The Morgan fingerprint density at radius 3 is 2.45 bits per heavy atom. The van der Waals surface area contributed by atoms with Crippen molar-refractivity contribution in [3.05, 3.63) is 124 Å². The number of anilines is 1. The molecule has 0 saturated carbocycles. The SMILES string of the molecule is Cc1ccc(C)c(CN2C(=O)[C@]3(c4ccccc42)[C@@H](C(=O)c2ccc(C(C)C)cc2)[C@H](c2ccco2)CN3C)c1. The molecule has 0 aliphatic carbocycles. The number of fused-ring (bicyclic) bond motifs is 2. The second-order valence-corrected chi connectivity index (χ2v) is 11.7. The van der Waals surface area contributed by atoms with Crippen molar-refractivity contribution >= 4 is 17.4 Å². The number of amides is 1. The van der Waals surface area contributed by atoms with E-state index in [-0.39, 0.29) is 17.6 Å². The minimum absolute atomic E-state index is 0.0298. The second kappa shape index (κ2) is 9.90. The van der Waals surface area contributed by atoms with E-state index < -0.39 is 11.5 Å². The average molecular weight is 533 g/mol. The first-order chi connectivity index (χ1) is 19.2. The number of Topliss-reactive ketones (excluding diaryl/α,β-unsaturated/α-hetero) is 1. The summed E-state index contributed by atoms with van der Waals surface area (Å²) in [7, 11) is 1.97. The Balaban J connectivity index is 1.51. The number of benzene rings is 3. The Morgan fingerprint density at radius 2 is 1.75 bits per heavy atom. The van der Waals surface area contributed by atoms with E-state index >= 15 is 0 Å². The van der Waals surface area contributed by atoms with Crippen molar-refractivity contribution in [3.63, 3.8) is 0 Å². The third kappa shape index (κ3) is 3.95. The molecule has 2 aliphatic rings. The minimum atomic E-state index is -1.14. The highest BCUT2D eigenvalue weighted by Crippen LogP contribution is 2.57. The van der Waals surface area contributed by atoms with E-state index in [1.54, 1.807) is 6.26 Å². The van der Waals surface area contributed by atoms with Crippen LogP contribution >= 0.6 is 0 Å². The van der Waals surface area contributed by atoms with Crippen LogP contribution in [0.5, 0.6) is 0 Å². The van der Waals surface area contributed by atoms with Crippen LogP contribution in [-0.2, 0) is 16.9 Å². The predicted molar refractivity (Wildman–Crippen MR) is 158 cm³/mol. The van der Waals surface area contributed by atoms with Gasteiger partial charge in [0.05, 0.1) is 18.7 Å². The third-order valence-electron chi connectivity index (χ3n) is 8.99. The predicted octanol–water partition coefficient (Wildman–Crippen LogP) is 6.99. The fourth-order valence-corrected chi connectivity index (χ4v) is 6.84. The number of nitrogens with zero attached hydrogens (tertiary/aromatic N) is 2. The van der Waals surface area contributed by atoms with E-state index in [1.165, 1.54) is 5.56 Å². The van der Waals surface area contributed by atoms with Crippen LogP contribution in [-0.4, -0.2) is 30.2 Å². The number of hydrogen-bond acceptors (Lipinski definition) is 4. The summed E-state index contributed by atoms with van der Waals surface area (Å²) in [5.74, 6) is 0.104. The Morgan fingerprint density at radius 1 is 1.00 bits per heavy atom. The van der Waals surface area contributed by atoms with Crippen LogP contribution < -0.4 is 4.90 Å². The largest absolute Gasteiger partial charge is 0.469 e. The van der Waals surface area contributed by atoms with E-state index in [0.717, 1.165) is 33.7 Å². The van der Waals surface area contributed by atoms with Crippen LogP contribution in [0.25, 0.3) is 0 Å². The number of ketones is 1. The molecule has 0 bridgehead atoms. The number of rotatable bonds is 6. The summed E-state index contributed by atoms with van der Waals surface area (Å²) in [5, 5.41) is 0. The molecule has 5 heteroatoms. The Labute approximate surface area is 236 Å². The summed E-state index contributed by atoms with van der Waals surface area (Å²) >= 11 is 0. The number of para-hydroxylation sites is 1. The maximum atomic E-state index is 14.9. The van der Waals surface area contributed by atoms with Gasteiger partial charge in [0.1, 0.15) is 11.3 Å². The van der Waals surface area contributed by atoms with Crippen molar-refractivity contribution in [2.45, 2.75) is 51.6 Å². The van der Waals surface area contributed by atoms with Gasteiger partial charge in [-0.25, -0.2) is 0 Å². The molecule has 3 atom stereocenters. The normalized spacial score (nSPS) is 22.4. The zero-order valence-electron chi connectivity index (χ0n) is 23.8. The summed E-state index contributed by atoms with van der Waals surface area (Å²) in [4.78, 5) is 33.5. The number of carbonyl (C=O) groups is 2. The molecular weight excluding hydrogens is 496 g/mol. The molecule has 1 amide bonds. The molecule has 4 aromatic rings. The fourth-order valence-electron chi connectivity index (χ4n) is 6.84. The van der Waals surface area contributed by atoms with E-state index in [4.69, 9.17) is 4.42 Å². The van der Waals surface area contributed by atoms with Gasteiger partial charge in [-0.15, -0.1) is 0 Å². The lowest BCUT2D eigenvalue weighted by Gasteiger charge is -2.36. The summed E-state index contributed by atoms with van der Waals surface area (Å²) in [6, 6.07) is 26.0. The van der Waals surface area contributed by atoms with Gasteiger partial charge in [-0.05, 0) is 61.7 Å². The van der Waals surface area contributed by atoms with Gasteiger partial charge in [0.15, 0.2) is 5.78 Å². The van der Waals surface area contributed by atoms with Crippen LogP contribution in [0, 0.1) is 19.8 Å². The van der Waals surface area contributed by atoms with Crippen molar-refractivity contribution in [1.82, 2.24) is 4.90 Å². The van der Waals surface area contributed by atoms with Gasteiger partial charge in [-0.2, -0.15) is 0 Å². The highest BCUT2D eigenvalue weighted by molar-refractivity contribution is 6.13. The van der Waals surface area contributed by atoms with Crippen LogP contribution in [0.4, 0.5) is 5.69 Å². The molecule has 2 aliphatic heterocycles. The molecule has 1 fully saturated rings. The van der Waals surface area contributed by atoms with Gasteiger partial charge in [0.2, 0.25) is 0 Å². The lowest BCUT2D eigenvalue weighted by atomic mass is 9.71. The monoisotopic (exact) mass is 532 g/mol. The summed E-state index contributed by atoms with van der Waals surface area (Å²) in [6.07, 6.45) is 1.65. The summed E-state index contributed by atoms with van der Waals surface area (Å²) in [6.45, 7) is 9.42. The Hall–Kier alpha value is -3.96. The molecule has 0 radical (unpaired) electrons. The topological polar surface area (TPSA) is 53.8 Å². The van der Waals surface area contributed by atoms with Crippen LogP contribution in [0.1, 0.15) is 69.6 Å². The van der Waals surface area contributed by atoms with Gasteiger partial charge in [0.25, 0.3) is 5.91 Å². The van der Waals surface area contributed by atoms with Gasteiger partial charge in [0, 0.05) is 29.3 Å². The van der Waals surface area contributed by atoms with Crippen molar-refractivity contribution in [2.75, 3.05) is 18.5 Å². The Kier molecular flexibility index (Phi) is 6.50. The molecule has 3 aromatic carbocycles. The molecule has 5 nitrogen and oxygen atoms in total. The van der Waals surface area contributed by atoms with Gasteiger partial charge < -0.3 is 9.32 Å². The number of furan rings is 1. The maximum absolute atomic E-state index is 14.9. The number of likely N-dealkylation sites (tertiary alicyclic amines) is 1. The van der Waals surface area contributed by atoms with E-state index in [0.29, 0.717) is 24.6 Å². The molecule has 3 heterocycles. The zero-order chi connectivity index (χ0) is 28.2. The smallest absolute Gasteiger partial charge is 0.253 e. The van der Waals surface area contributed by atoms with Crippen molar-refractivity contribution in [2.24, 2.45) is 5.92 Å². The highest BCUT2D eigenvalue weighted by atomic mass is 16.3. The summed E-state index contributed by atoms with van der Waals surface area (Å²) in [5.41, 5.74) is 5.83. The highest BCUT2D eigenvalue weighted by Gasteiger charge is 2.66. The van der Waals surface area contributed by atoms with E-state index in [1.807, 2.05) is 72.6 Å². The van der Waals surface area contributed by atoms with Crippen LogP contribution in [0.15, 0.2) is 89.5 Å². The molecule has 0 N–H and O–H groups in total. The molecule has 0 unspecified atom stereocenters. The average Bonchev–Trinajstić information content (AvgIpc) is 3.65. The zero-order valence-corrected chi connectivity index (χ0v) is 23.8. The molecule has 40 heavy (non-hydrogen) atoms. The number of hydrogen-bond donors (Lipinski definition) is 0. The Bertz CT molecular complexity index is 1570. The lowest BCUT2D eigenvalue weighted by Crippen LogP contribution is -2.53. The molecule has 1 aromatic heterocycles. The standard InChI is InChI=1S/C35H36N2O3/c1-22(2)25-14-16-26(17-15-25)33(38)32-28(31-11-8-18-40-31)21-36(5)35(32)29-9-6-7-10-30(29)37(34(35)39)20-27-19-23(3)12-13-24(27)4/h6-19,22,28,32H,20-21H2,1-5H3/t28-,32+,35-/m0/s1. The number of carbonyl (C=O) groups excluding carboxylic acids is 2.